The van der Waals surface area contributed by atoms with E-state index in [4.69, 9.17) is 4.74 Å². The zero-order valence-corrected chi connectivity index (χ0v) is 11.4. The van der Waals surface area contributed by atoms with E-state index in [-0.39, 0.29) is 0 Å². The van der Waals surface area contributed by atoms with Gasteiger partial charge >= 0.3 is 0 Å². The van der Waals surface area contributed by atoms with Crippen LogP contribution in [0.15, 0.2) is 18.5 Å². The van der Waals surface area contributed by atoms with Crippen molar-refractivity contribution >= 4 is 11.4 Å². The third-order valence-electron chi connectivity index (χ3n) is 2.59. The van der Waals surface area contributed by atoms with Crippen LogP contribution in [0.3, 0.4) is 0 Å². The molecule has 1 heterocycles. The smallest absolute Gasteiger partial charge is 0.0947 e. The van der Waals surface area contributed by atoms with E-state index in [1.165, 1.54) is 0 Å². The standard InChI is InChI=1S/C13H23N3O2/c1-4-5-15-11-6-12(8-14-7-11)16(2)9-13(17)10-18-3/h6-8,13,15,17H,4-5,9-10H2,1-3H3. The molecule has 18 heavy (non-hydrogen) atoms. The molecule has 0 aliphatic rings. The summed E-state index contributed by atoms with van der Waals surface area (Å²) in [6.07, 6.45) is 4.18. The summed E-state index contributed by atoms with van der Waals surface area (Å²) in [5.74, 6) is 0. The molecular formula is C13H23N3O2. The molecule has 1 aromatic rings. The number of nitrogens with zero attached hydrogens (tertiary/aromatic N) is 2. The zero-order valence-electron chi connectivity index (χ0n) is 11.4. The lowest BCUT2D eigenvalue weighted by Crippen LogP contribution is -2.31. The number of hydrogen-bond acceptors (Lipinski definition) is 5. The number of nitrogens with one attached hydrogen (secondary N) is 1. The second kappa shape index (κ2) is 7.89. The van der Waals surface area contributed by atoms with E-state index in [1.54, 1.807) is 19.5 Å². The predicted molar refractivity (Wildman–Crippen MR) is 74.2 cm³/mol. The van der Waals surface area contributed by atoms with Crippen molar-refractivity contribution in [1.82, 2.24) is 4.98 Å². The number of ether oxygens (including phenoxy) is 1. The van der Waals surface area contributed by atoms with Gasteiger partial charge in [-0.05, 0) is 12.5 Å². The molecule has 5 heteroatoms. The number of aliphatic hydroxyl groups excluding tert-OH is 1. The highest BCUT2D eigenvalue weighted by atomic mass is 16.5. The van der Waals surface area contributed by atoms with Gasteiger partial charge in [-0.25, -0.2) is 0 Å². The van der Waals surface area contributed by atoms with Gasteiger partial charge in [0.1, 0.15) is 0 Å². The second-order valence-corrected chi connectivity index (χ2v) is 4.35. The number of anilines is 2. The highest BCUT2D eigenvalue weighted by molar-refractivity contribution is 5.55. The highest BCUT2D eigenvalue weighted by Gasteiger charge is 2.09. The van der Waals surface area contributed by atoms with E-state index >= 15 is 0 Å². The first kappa shape index (κ1) is 14.7. The Morgan fingerprint density at radius 3 is 2.94 bits per heavy atom. The Morgan fingerprint density at radius 1 is 1.50 bits per heavy atom. The van der Waals surface area contributed by atoms with Crippen molar-refractivity contribution in [3.05, 3.63) is 18.5 Å². The number of aliphatic hydroxyl groups is 1. The number of likely N-dealkylation sites (N-methyl/N-ethyl adjacent to an activating group) is 1. The third kappa shape index (κ3) is 4.89. The fourth-order valence-corrected chi connectivity index (χ4v) is 1.67. The number of rotatable bonds is 8. The van der Waals surface area contributed by atoms with Crippen molar-refractivity contribution in [3.8, 4) is 0 Å². The molecule has 0 fully saturated rings. The number of aromatic nitrogens is 1. The molecule has 0 radical (unpaired) electrons. The Morgan fingerprint density at radius 2 is 2.28 bits per heavy atom. The Balaban J connectivity index is 2.58. The lowest BCUT2D eigenvalue weighted by atomic mass is 10.3. The summed E-state index contributed by atoms with van der Waals surface area (Å²) in [4.78, 5) is 6.16. The average Bonchev–Trinajstić information content (AvgIpc) is 2.37. The molecule has 5 nitrogen and oxygen atoms in total. The van der Waals surface area contributed by atoms with Gasteiger partial charge in [0, 0.05) is 27.2 Å². The highest BCUT2D eigenvalue weighted by Crippen LogP contribution is 2.16. The lowest BCUT2D eigenvalue weighted by molar-refractivity contribution is 0.0695. The summed E-state index contributed by atoms with van der Waals surface area (Å²) < 4.78 is 4.91. The van der Waals surface area contributed by atoms with Gasteiger partial charge < -0.3 is 20.1 Å². The van der Waals surface area contributed by atoms with Crippen molar-refractivity contribution in [2.45, 2.75) is 19.4 Å². The van der Waals surface area contributed by atoms with Gasteiger partial charge in [-0.1, -0.05) is 6.92 Å². The quantitative estimate of drug-likeness (QED) is 0.732. The normalized spacial score (nSPS) is 12.2. The van der Waals surface area contributed by atoms with E-state index < -0.39 is 6.10 Å². The van der Waals surface area contributed by atoms with Crippen molar-refractivity contribution in [2.24, 2.45) is 0 Å². The van der Waals surface area contributed by atoms with Gasteiger partial charge in [-0.2, -0.15) is 0 Å². The summed E-state index contributed by atoms with van der Waals surface area (Å²) in [6.45, 7) is 3.91. The van der Waals surface area contributed by atoms with Gasteiger partial charge in [0.25, 0.3) is 0 Å². The third-order valence-corrected chi connectivity index (χ3v) is 2.59. The van der Waals surface area contributed by atoms with Crippen molar-refractivity contribution < 1.29 is 9.84 Å². The van der Waals surface area contributed by atoms with Crippen LogP contribution in [0, 0.1) is 0 Å². The monoisotopic (exact) mass is 253 g/mol. The second-order valence-electron chi connectivity index (χ2n) is 4.35. The van der Waals surface area contributed by atoms with E-state index in [1.807, 2.05) is 18.0 Å². The molecule has 1 atom stereocenters. The van der Waals surface area contributed by atoms with E-state index in [2.05, 4.69) is 17.2 Å². The van der Waals surface area contributed by atoms with Crippen LogP contribution in [0.4, 0.5) is 11.4 Å². The summed E-state index contributed by atoms with van der Waals surface area (Å²) in [6, 6.07) is 2.03. The summed E-state index contributed by atoms with van der Waals surface area (Å²) in [5.41, 5.74) is 1.98. The molecule has 1 aromatic heterocycles. The fourth-order valence-electron chi connectivity index (χ4n) is 1.67. The number of hydrogen-bond donors (Lipinski definition) is 2. The number of methoxy groups -OCH3 is 1. The van der Waals surface area contributed by atoms with Crippen LogP contribution >= 0.6 is 0 Å². The van der Waals surface area contributed by atoms with Crippen molar-refractivity contribution in [2.75, 3.05) is 44.1 Å². The molecule has 0 saturated carbocycles. The van der Waals surface area contributed by atoms with Crippen LogP contribution in [0.2, 0.25) is 0 Å². The molecule has 1 unspecified atom stereocenters. The molecule has 0 spiro atoms. The molecule has 0 bridgehead atoms. The van der Waals surface area contributed by atoms with E-state index in [9.17, 15) is 5.11 Å². The maximum atomic E-state index is 9.69. The molecule has 1 rings (SSSR count). The minimum atomic E-state index is -0.493. The number of pyridine rings is 1. The zero-order chi connectivity index (χ0) is 13.4. The Hall–Kier alpha value is -1.33. The van der Waals surface area contributed by atoms with Crippen molar-refractivity contribution in [3.63, 3.8) is 0 Å². The lowest BCUT2D eigenvalue weighted by Gasteiger charge is -2.22. The van der Waals surface area contributed by atoms with Crippen LogP contribution in [0.5, 0.6) is 0 Å². The molecular weight excluding hydrogens is 230 g/mol. The topological polar surface area (TPSA) is 57.6 Å². The van der Waals surface area contributed by atoms with Crippen LogP contribution in [-0.2, 0) is 4.74 Å². The van der Waals surface area contributed by atoms with Crippen LogP contribution in [0.25, 0.3) is 0 Å². The van der Waals surface area contributed by atoms with Gasteiger partial charge in [0.15, 0.2) is 0 Å². The first-order valence-corrected chi connectivity index (χ1v) is 6.24. The maximum absolute atomic E-state index is 9.69. The summed E-state index contributed by atoms with van der Waals surface area (Å²) in [7, 11) is 3.51. The van der Waals surface area contributed by atoms with Crippen molar-refractivity contribution in [1.29, 1.82) is 0 Å². The summed E-state index contributed by atoms with van der Waals surface area (Å²) in [5, 5.41) is 13.0. The van der Waals surface area contributed by atoms with Gasteiger partial charge in [0.2, 0.25) is 0 Å². The Labute approximate surface area is 109 Å². The minimum Gasteiger partial charge on any atom is -0.389 e. The SMILES string of the molecule is CCCNc1cncc(N(C)CC(O)COC)c1. The molecule has 0 aliphatic carbocycles. The van der Waals surface area contributed by atoms with Gasteiger partial charge in [-0.3, -0.25) is 4.98 Å². The molecule has 0 amide bonds. The Bertz CT molecular complexity index is 347. The molecule has 0 aromatic carbocycles. The first-order chi connectivity index (χ1) is 8.67. The largest absolute Gasteiger partial charge is 0.389 e. The molecule has 0 saturated heterocycles. The Kier molecular flexibility index (Phi) is 6.46. The van der Waals surface area contributed by atoms with E-state index in [0.29, 0.717) is 13.2 Å². The maximum Gasteiger partial charge on any atom is 0.0947 e. The minimum absolute atomic E-state index is 0.339. The van der Waals surface area contributed by atoms with Crippen LogP contribution < -0.4 is 10.2 Å². The fraction of sp³-hybridized carbons (Fsp3) is 0.615. The van der Waals surface area contributed by atoms with E-state index in [0.717, 1.165) is 24.3 Å². The van der Waals surface area contributed by atoms with Gasteiger partial charge in [0.05, 0.1) is 36.5 Å². The average molecular weight is 253 g/mol. The molecule has 2 N–H and O–H groups in total. The van der Waals surface area contributed by atoms with Gasteiger partial charge in [-0.15, -0.1) is 0 Å². The van der Waals surface area contributed by atoms with Crippen LogP contribution in [-0.4, -0.2) is 50.0 Å². The molecule has 0 aliphatic heterocycles. The predicted octanol–water partition coefficient (Wildman–Crippen LogP) is 1.35. The first-order valence-electron chi connectivity index (χ1n) is 6.24. The molecule has 102 valence electrons. The van der Waals surface area contributed by atoms with Crippen LogP contribution in [0.1, 0.15) is 13.3 Å². The summed E-state index contributed by atoms with van der Waals surface area (Å²) >= 11 is 0.